The molecule has 1 aliphatic rings. The van der Waals surface area contributed by atoms with E-state index in [0.29, 0.717) is 19.6 Å². The Morgan fingerprint density at radius 2 is 2.05 bits per heavy atom. The minimum absolute atomic E-state index is 0.0159. The van der Waals surface area contributed by atoms with E-state index in [-0.39, 0.29) is 12.0 Å². The number of aliphatic hydroxyl groups is 2. The predicted molar refractivity (Wildman–Crippen MR) is 75.6 cm³/mol. The summed E-state index contributed by atoms with van der Waals surface area (Å²) in [6.07, 6.45) is -0.765. The standard InChI is InChI=1S/C15H23NO4/c1-19-9-11-7-13(15(18)14(11)17)16-8-10-4-3-5-12(6-10)20-2/h3-6,11,13-18H,7-9H2,1-2H3. The van der Waals surface area contributed by atoms with E-state index in [9.17, 15) is 10.2 Å². The molecule has 0 heterocycles. The van der Waals surface area contributed by atoms with Gasteiger partial charge >= 0.3 is 0 Å². The van der Waals surface area contributed by atoms with Gasteiger partial charge in [0.2, 0.25) is 0 Å². The molecule has 5 heteroatoms. The van der Waals surface area contributed by atoms with Gasteiger partial charge in [0.15, 0.2) is 0 Å². The molecule has 0 spiro atoms. The van der Waals surface area contributed by atoms with Crippen LogP contribution in [0.1, 0.15) is 12.0 Å². The van der Waals surface area contributed by atoms with Crippen molar-refractivity contribution in [2.45, 2.75) is 31.2 Å². The van der Waals surface area contributed by atoms with Crippen molar-refractivity contribution in [3.05, 3.63) is 29.8 Å². The molecule has 0 aromatic heterocycles. The van der Waals surface area contributed by atoms with Crippen molar-refractivity contribution in [3.63, 3.8) is 0 Å². The van der Waals surface area contributed by atoms with Crippen LogP contribution in [0.15, 0.2) is 24.3 Å². The third-order valence-corrected chi connectivity index (χ3v) is 3.89. The minimum Gasteiger partial charge on any atom is -0.497 e. The van der Waals surface area contributed by atoms with Gasteiger partial charge in [-0.05, 0) is 24.1 Å². The lowest BCUT2D eigenvalue weighted by atomic mass is 10.1. The molecule has 2 rings (SSSR count). The summed E-state index contributed by atoms with van der Waals surface area (Å²) in [5.74, 6) is 0.798. The van der Waals surface area contributed by atoms with Crippen molar-refractivity contribution in [2.24, 2.45) is 5.92 Å². The van der Waals surface area contributed by atoms with Gasteiger partial charge in [0.1, 0.15) is 5.75 Å². The topological polar surface area (TPSA) is 71.0 Å². The van der Waals surface area contributed by atoms with Gasteiger partial charge in [-0.3, -0.25) is 0 Å². The molecule has 3 N–H and O–H groups in total. The van der Waals surface area contributed by atoms with Gasteiger partial charge < -0.3 is 25.0 Å². The zero-order chi connectivity index (χ0) is 14.5. The van der Waals surface area contributed by atoms with Crippen molar-refractivity contribution in [1.82, 2.24) is 5.32 Å². The van der Waals surface area contributed by atoms with Crippen LogP contribution in [0.4, 0.5) is 0 Å². The Balaban J connectivity index is 1.90. The molecule has 5 nitrogen and oxygen atoms in total. The van der Waals surface area contributed by atoms with Gasteiger partial charge in [0.05, 0.1) is 25.9 Å². The molecule has 0 aliphatic heterocycles. The van der Waals surface area contributed by atoms with E-state index in [1.54, 1.807) is 14.2 Å². The number of nitrogens with one attached hydrogen (secondary N) is 1. The Labute approximate surface area is 119 Å². The third kappa shape index (κ3) is 3.49. The first-order valence-corrected chi connectivity index (χ1v) is 6.87. The van der Waals surface area contributed by atoms with E-state index >= 15 is 0 Å². The van der Waals surface area contributed by atoms with Crippen molar-refractivity contribution < 1.29 is 19.7 Å². The number of aliphatic hydroxyl groups excluding tert-OH is 2. The number of methoxy groups -OCH3 is 2. The zero-order valence-electron chi connectivity index (χ0n) is 12.0. The first-order valence-electron chi connectivity index (χ1n) is 6.87. The maximum atomic E-state index is 10.0. The SMILES string of the molecule is COCC1CC(NCc2cccc(OC)c2)C(O)C1O. The van der Waals surface area contributed by atoms with Crippen molar-refractivity contribution in [3.8, 4) is 5.75 Å². The molecular weight excluding hydrogens is 258 g/mol. The second kappa shape index (κ2) is 7.04. The average Bonchev–Trinajstić information content (AvgIpc) is 2.74. The van der Waals surface area contributed by atoms with Gasteiger partial charge in [-0.2, -0.15) is 0 Å². The summed E-state index contributed by atoms with van der Waals surface area (Å²) in [6.45, 7) is 1.10. The smallest absolute Gasteiger partial charge is 0.119 e. The quantitative estimate of drug-likeness (QED) is 0.710. The van der Waals surface area contributed by atoms with Crippen LogP contribution in [-0.2, 0) is 11.3 Å². The van der Waals surface area contributed by atoms with E-state index in [4.69, 9.17) is 9.47 Å². The highest BCUT2D eigenvalue weighted by Crippen LogP contribution is 2.27. The van der Waals surface area contributed by atoms with Gasteiger partial charge in [-0.15, -0.1) is 0 Å². The zero-order valence-corrected chi connectivity index (χ0v) is 12.0. The lowest BCUT2D eigenvalue weighted by molar-refractivity contribution is -0.00597. The molecule has 4 unspecified atom stereocenters. The van der Waals surface area contributed by atoms with Gasteiger partial charge in [0.25, 0.3) is 0 Å². The number of ether oxygens (including phenoxy) is 2. The van der Waals surface area contributed by atoms with Crippen molar-refractivity contribution >= 4 is 0 Å². The first-order chi connectivity index (χ1) is 9.65. The molecule has 112 valence electrons. The third-order valence-electron chi connectivity index (χ3n) is 3.89. The van der Waals surface area contributed by atoms with Crippen LogP contribution in [0.3, 0.4) is 0 Å². The Morgan fingerprint density at radius 1 is 1.25 bits per heavy atom. The van der Waals surface area contributed by atoms with E-state index in [0.717, 1.165) is 11.3 Å². The monoisotopic (exact) mass is 281 g/mol. The summed E-state index contributed by atoms with van der Waals surface area (Å²) >= 11 is 0. The molecule has 20 heavy (non-hydrogen) atoms. The highest BCUT2D eigenvalue weighted by atomic mass is 16.5. The van der Waals surface area contributed by atoms with E-state index in [2.05, 4.69) is 5.32 Å². The largest absolute Gasteiger partial charge is 0.497 e. The number of hydrogen-bond donors (Lipinski definition) is 3. The maximum absolute atomic E-state index is 10.0. The molecular formula is C15H23NO4. The summed E-state index contributed by atoms with van der Waals surface area (Å²) in [5.41, 5.74) is 1.08. The fraction of sp³-hybridized carbons (Fsp3) is 0.600. The Morgan fingerprint density at radius 3 is 2.75 bits per heavy atom. The van der Waals surface area contributed by atoms with Crippen LogP contribution in [0, 0.1) is 5.92 Å². The maximum Gasteiger partial charge on any atom is 0.119 e. The van der Waals surface area contributed by atoms with E-state index in [1.807, 2.05) is 24.3 Å². The molecule has 0 amide bonds. The lowest BCUT2D eigenvalue weighted by Gasteiger charge is -2.18. The second-order valence-electron chi connectivity index (χ2n) is 5.27. The average molecular weight is 281 g/mol. The number of rotatable bonds is 6. The van der Waals surface area contributed by atoms with E-state index < -0.39 is 12.2 Å². The van der Waals surface area contributed by atoms with Crippen LogP contribution in [0.25, 0.3) is 0 Å². The summed E-state index contributed by atoms with van der Waals surface area (Å²) in [6, 6.07) is 7.67. The summed E-state index contributed by atoms with van der Waals surface area (Å²) in [5, 5.41) is 23.3. The van der Waals surface area contributed by atoms with Crippen LogP contribution in [-0.4, -0.2) is 49.3 Å². The van der Waals surface area contributed by atoms with Crippen molar-refractivity contribution in [2.75, 3.05) is 20.8 Å². The fourth-order valence-corrected chi connectivity index (χ4v) is 2.74. The Kier molecular flexibility index (Phi) is 5.37. The summed E-state index contributed by atoms with van der Waals surface area (Å²) < 4.78 is 10.3. The molecule has 1 fully saturated rings. The number of hydrogen-bond acceptors (Lipinski definition) is 5. The van der Waals surface area contributed by atoms with Crippen LogP contribution in [0.5, 0.6) is 5.75 Å². The Bertz CT molecular complexity index is 426. The normalized spacial score (nSPS) is 29.6. The lowest BCUT2D eigenvalue weighted by Crippen LogP contribution is -2.39. The first kappa shape index (κ1) is 15.3. The summed E-state index contributed by atoms with van der Waals surface area (Å²) in [4.78, 5) is 0. The molecule has 0 radical (unpaired) electrons. The second-order valence-corrected chi connectivity index (χ2v) is 5.27. The van der Waals surface area contributed by atoms with Gasteiger partial charge in [0, 0.05) is 25.6 Å². The highest BCUT2D eigenvalue weighted by Gasteiger charge is 2.40. The highest BCUT2D eigenvalue weighted by molar-refractivity contribution is 5.28. The van der Waals surface area contributed by atoms with Crippen LogP contribution < -0.4 is 10.1 Å². The summed E-state index contributed by atoms with van der Waals surface area (Å²) in [7, 11) is 3.25. The minimum atomic E-state index is -0.749. The van der Waals surface area contributed by atoms with Gasteiger partial charge in [-0.25, -0.2) is 0 Å². The van der Waals surface area contributed by atoms with Crippen LogP contribution in [0.2, 0.25) is 0 Å². The molecule has 0 saturated heterocycles. The molecule has 1 aliphatic carbocycles. The fourth-order valence-electron chi connectivity index (χ4n) is 2.74. The van der Waals surface area contributed by atoms with Crippen LogP contribution >= 0.6 is 0 Å². The molecule has 0 bridgehead atoms. The predicted octanol–water partition coefficient (Wildman–Crippen LogP) is 0.541. The molecule has 1 aromatic rings. The molecule has 1 aromatic carbocycles. The molecule has 1 saturated carbocycles. The van der Waals surface area contributed by atoms with Gasteiger partial charge in [-0.1, -0.05) is 12.1 Å². The number of benzene rings is 1. The molecule has 4 atom stereocenters. The van der Waals surface area contributed by atoms with Crippen molar-refractivity contribution in [1.29, 1.82) is 0 Å². The Hall–Kier alpha value is -1.14. The van der Waals surface area contributed by atoms with E-state index in [1.165, 1.54) is 0 Å².